The van der Waals surface area contributed by atoms with Gasteiger partial charge in [0.1, 0.15) is 6.61 Å². The molecule has 5 heteroatoms. The van der Waals surface area contributed by atoms with E-state index in [1.54, 1.807) is 11.8 Å². The van der Waals surface area contributed by atoms with E-state index in [0.717, 1.165) is 10.6 Å². The second kappa shape index (κ2) is 9.01. The summed E-state index contributed by atoms with van der Waals surface area (Å²) in [5.74, 6) is -0.267. The Bertz CT molecular complexity index is 952. The highest BCUT2D eigenvalue weighted by Gasteiger charge is 2.26. The summed E-state index contributed by atoms with van der Waals surface area (Å²) in [5.41, 5.74) is 2.24. The molecule has 0 aliphatic heterocycles. The lowest BCUT2D eigenvalue weighted by Gasteiger charge is -2.28. The Labute approximate surface area is 175 Å². The van der Waals surface area contributed by atoms with Crippen LogP contribution in [0.4, 0.5) is 0 Å². The van der Waals surface area contributed by atoms with Crippen molar-refractivity contribution in [3.63, 3.8) is 0 Å². The lowest BCUT2D eigenvalue weighted by molar-refractivity contribution is -0.142. The van der Waals surface area contributed by atoms with Crippen LogP contribution < -0.4 is 0 Å². The highest BCUT2D eigenvalue weighted by Crippen LogP contribution is 2.51. The summed E-state index contributed by atoms with van der Waals surface area (Å²) >= 11 is 3.64. The van der Waals surface area contributed by atoms with Crippen LogP contribution in [0.25, 0.3) is 10.8 Å². The molecular formula is C23H25NO2S2. The molecule has 0 fully saturated rings. The highest BCUT2D eigenvalue weighted by molar-refractivity contribution is 8.16. The van der Waals surface area contributed by atoms with Gasteiger partial charge < -0.3 is 4.74 Å². The van der Waals surface area contributed by atoms with Crippen molar-refractivity contribution in [1.82, 2.24) is 4.98 Å². The number of carbonyl (C=O) groups excluding carboxylic acids is 1. The van der Waals surface area contributed by atoms with Crippen LogP contribution in [0.1, 0.15) is 43.4 Å². The van der Waals surface area contributed by atoms with Gasteiger partial charge in [-0.1, -0.05) is 75.0 Å². The molecule has 0 spiro atoms. The number of benzene rings is 2. The number of fused-ring (bicyclic) bond motifs is 1. The zero-order valence-corrected chi connectivity index (χ0v) is 18.3. The van der Waals surface area contributed by atoms with Gasteiger partial charge in [-0.05, 0) is 34.0 Å². The molecule has 28 heavy (non-hydrogen) atoms. The Morgan fingerprint density at radius 3 is 2.50 bits per heavy atom. The third kappa shape index (κ3) is 5.52. The number of hydrogen-bond acceptors (Lipinski definition) is 5. The zero-order chi connectivity index (χ0) is 20.1. The Morgan fingerprint density at radius 1 is 1.07 bits per heavy atom. The molecule has 0 saturated carbocycles. The van der Waals surface area contributed by atoms with E-state index in [1.165, 1.54) is 23.3 Å². The van der Waals surface area contributed by atoms with Crippen LogP contribution in [0.5, 0.6) is 0 Å². The van der Waals surface area contributed by atoms with Crippen molar-refractivity contribution < 1.29 is 9.53 Å². The van der Waals surface area contributed by atoms with Crippen molar-refractivity contribution in [2.75, 3.05) is 0 Å². The van der Waals surface area contributed by atoms with E-state index in [4.69, 9.17) is 4.74 Å². The molecule has 0 bridgehead atoms. The maximum Gasteiger partial charge on any atom is 0.302 e. The Balaban J connectivity index is 2.12. The Kier molecular flexibility index (Phi) is 6.68. The summed E-state index contributed by atoms with van der Waals surface area (Å²) in [6, 6.07) is 18.5. The van der Waals surface area contributed by atoms with Crippen LogP contribution in [0.15, 0.2) is 65.8 Å². The summed E-state index contributed by atoms with van der Waals surface area (Å²) in [5, 5.41) is 3.36. The van der Waals surface area contributed by atoms with Crippen LogP contribution in [0.2, 0.25) is 0 Å². The molecule has 0 radical (unpaired) electrons. The van der Waals surface area contributed by atoms with Gasteiger partial charge in [0.25, 0.3) is 0 Å². The molecule has 0 N–H and O–H groups in total. The summed E-state index contributed by atoms with van der Waals surface area (Å²) in [6.07, 6.45) is 1.82. The maximum atomic E-state index is 11.4. The van der Waals surface area contributed by atoms with Crippen molar-refractivity contribution in [3.8, 4) is 0 Å². The second-order valence-electron chi connectivity index (χ2n) is 7.49. The summed E-state index contributed by atoms with van der Waals surface area (Å²) in [7, 11) is 0. The van der Waals surface area contributed by atoms with Gasteiger partial charge in [-0.25, -0.2) is 4.98 Å². The first-order valence-corrected chi connectivity index (χ1v) is 11.0. The molecule has 0 aliphatic rings. The van der Waals surface area contributed by atoms with Crippen molar-refractivity contribution in [2.45, 2.75) is 48.7 Å². The number of esters is 1. The van der Waals surface area contributed by atoms with Gasteiger partial charge in [0.05, 0.1) is 9.61 Å². The largest absolute Gasteiger partial charge is 0.461 e. The number of nitrogens with zero attached hydrogens (tertiary/aromatic N) is 1. The van der Waals surface area contributed by atoms with Gasteiger partial charge in [0.2, 0.25) is 0 Å². The number of hydrogen-bond donors (Lipinski definition) is 0. The standard InChI is InChI=1S/C23H25NO2S2/c1-16(25)26-15-18-13-12-17-9-5-6-10-19(17)21(18)22(28-23(2,3)4)27-20-11-7-8-14-24-20/h5-14,22H,15H2,1-4H3. The summed E-state index contributed by atoms with van der Waals surface area (Å²) in [4.78, 5) is 16.0. The molecule has 0 aliphatic carbocycles. The summed E-state index contributed by atoms with van der Waals surface area (Å²) < 4.78 is 5.55. The predicted octanol–water partition coefficient (Wildman–Crippen LogP) is 6.62. The van der Waals surface area contributed by atoms with E-state index in [1.807, 2.05) is 36.2 Å². The van der Waals surface area contributed by atoms with Gasteiger partial charge in [-0.2, -0.15) is 0 Å². The molecule has 3 rings (SSSR count). The van der Waals surface area contributed by atoms with Gasteiger partial charge >= 0.3 is 5.97 Å². The van der Waals surface area contributed by atoms with E-state index in [9.17, 15) is 4.79 Å². The third-order valence-electron chi connectivity index (χ3n) is 4.05. The van der Waals surface area contributed by atoms with Gasteiger partial charge in [-0.15, -0.1) is 11.8 Å². The van der Waals surface area contributed by atoms with E-state index in [-0.39, 0.29) is 21.9 Å². The minimum absolute atomic E-state index is 0.0576. The number of rotatable bonds is 6. The fourth-order valence-corrected chi connectivity index (χ4v) is 6.20. The number of aromatic nitrogens is 1. The fraction of sp³-hybridized carbons (Fsp3) is 0.304. The first-order chi connectivity index (χ1) is 13.3. The average molecular weight is 412 g/mol. The normalized spacial score (nSPS) is 12.7. The van der Waals surface area contributed by atoms with Crippen LogP contribution in [0.3, 0.4) is 0 Å². The summed E-state index contributed by atoms with van der Waals surface area (Å²) in [6.45, 7) is 8.39. The first kappa shape index (κ1) is 20.7. The van der Waals surface area contributed by atoms with Crippen LogP contribution in [-0.2, 0) is 16.1 Å². The molecule has 146 valence electrons. The average Bonchev–Trinajstić information content (AvgIpc) is 2.65. The van der Waals surface area contributed by atoms with Crippen LogP contribution in [-0.4, -0.2) is 15.7 Å². The third-order valence-corrected chi connectivity index (χ3v) is 6.72. The Morgan fingerprint density at radius 2 is 1.82 bits per heavy atom. The van der Waals surface area contributed by atoms with Crippen molar-refractivity contribution in [2.24, 2.45) is 0 Å². The van der Waals surface area contributed by atoms with E-state index in [2.05, 4.69) is 62.2 Å². The van der Waals surface area contributed by atoms with Crippen molar-refractivity contribution in [3.05, 3.63) is 71.9 Å². The first-order valence-electron chi connectivity index (χ1n) is 9.23. The molecule has 1 aromatic heterocycles. The van der Waals surface area contributed by atoms with Crippen LogP contribution in [0, 0.1) is 0 Å². The van der Waals surface area contributed by atoms with Gasteiger partial charge in [0.15, 0.2) is 0 Å². The zero-order valence-electron chi connectivity index (χ0n) is 16.6. The van der Waals surface area contributed by atoms with E-state index >= 15 is 0 Å². The number of ether oxygens (including phenoxy) is 1. The molecular weight excluding hydrogens is 386 g/mol. The quantitative estimate of drug-likeness (QED) is 0.259. The molecule has 2 aromatic carbocycles. The van der Waals surface area contributed by atoms with Gasteiger partial charge in [-0.3, -0.25) is 4.79 Å². The minimum Gasteiger partial charge on any atom is -0.461 e. The van der Waals surface area contributed by atoms with Crippen molar-refractivity contribution >= 4 is 40.3 Å². The van der Waals surface area contributed by atoms with Crippen molar-refractivity contribution in [1.29, 1.82) is 0 Å². The molecule has 0 amide bonds. The molecule has 1 heterocycles. The second-order valence-corrected chi connectivity index (χ2v) is 10.8. The van der Waals surface area contributed by atoms with Crippen LogP contribution >= 0.6 is 23.5 Å². The van der Waals surface area contributed by atoms with E-state index < -0.39 is 0 Å². The fourth-order valence-electron chi connectivity index (χ4n) is 2.91. The SMILES string of the molecule is CC(=O)OCc1ccc2ccccc2c1C(Sc1ccccn1)SC(C)(C)C. The maximum absolute atomic E-state index is 11.4. The predicted molar refractivity (Wildman–Crippen MR) is 120 cm³/mol. The van der Waals surface area contributed by atoms with E-state index in [0.29, 0.717) is 0 Å². The smallest absolute Gasteiger partial charge is 0.302 e. The molecule has 1 unspecified atom stereocenters. The number of carbonyl (C=O) groups is 1. The molecule has 3 aromatic rings. The van der Waals surface area contributed by atoms with Gasteiger partial charge in [0, 0.05) is 17.9 Å². The number of pyridine rings is 1. The molecule has 0 saturated heterocycles. The lowest BCUT2D eigenvalue weighted by Crippen LogP contribution is -2.12. The highest BCUT2D eigenvalue weighted by atomic mass is 32.2. The molecule has 3 nitrogen and oxygen atoms in total. The Hall–Kier alpha value is -1.98. The monoisotopic (exact) mass is 411 g/mol. The molecule has 1 atom stereocenters. The number of thioether (sulfide) groups is 2. The topological polar surface area (TPSA) is 39.2 Å². The minimum atomic E-state index is -0.267. The lowest BCUT2D eigenvalue weighted by atomic mass is 10.0.